The number of benzene rings is 1. The molecule has 1 nitrogen and oxygen atoms in total. The van der Waals surface area contributed by atoms with Crippen molar-refractivity contribution in [2.75, 3.05) is 7.11 Å². The fourth-order valence-corrected chi connectivity index (χ4v) is 2.08. The lowest BCUT2D eigenvalue weighted by atomic mass is 9.91. The predicted molar refractivity (Wildman–Crippen MR) is 70.3 cm³/mol. The molecule has 0 amide bonds. The Hall–Kier alpha value is -0.690. The first-order valence-electron chi connectivity index (χ1n) is 5.82. The molecule has 0 radical (unpaired) electrons. The molecule has 1 rings (SSSR count). The molecule has 0 aliphatic carbocycles. The maximum absolute atomic E-state index is 6.37. The average molecular weight is 241 g/mol. The van der Waals surface area contributed by atoms with Gasteiger partial charge in [0, 0.05) is 5.38 Å². The number of halogens is 1. The zero-order chi connectivity index (χ0) is 12.1. The normalized spacial score (nSPS) is 14.9. The summed E-state index contributed by atoms with van der Waals surface area (Å²) in [5, 5.41) is 0.213. The van der Waals surface area contributed by atoms with Gasteiger partial charge >= 0.3 is 0 Å². The predicted octanol–water partition coefficient (Wildman–Crippen LogP) is 4.14. The Bertz CT molecular complexity index is 322. The van der Waals surface area contributed by atoms with Crippen LogP contribution in [0.15, 0.2) is 24.3 Å². The fourth-order valence-electron chi connectivity index (χ4n) is 1.99. The Labute approximate surface area is 104 Å². The highest BCUT2D eigenvalue weighted by Crippen LogP contribution is 2.26. The van der Waals surface area contributed by atoms with Gasteiger partial charge in [0.1, 0.15) is 5.75 Å². The van der Waals surface area contributed by atoms with E-state index in [1.54, 1.807) is 7.11 Å². The van der Waals surface area contributed by atoms with E-state index in [1.807, 2.05) is 18.2 Å². The first-order valence-corrected chi connectivity index (χ1v) is 6.25. The molecule has 0 aliphatic rings. The molecule has 0 spiro atoms. The van der Waals surface area contributed by atoms with Crippen LogP contribution in [0.4, 0.5) is 0 Å². The highest BCUT2D eigenvalue weighted by atomic mass is 35.5. The Balaban J connectivity index is 2.72. The highest BCUT2D eigenvalue weighted by Gasteiger charge is 2.19. The van der Waals surface area contributed by atoms with Crippen LogP contribution in [0.2, 0.25) is 0 Å². The van der Waals surface area contributed by atoms with Crippen LogP contribution < -0.4 is 4.74 Å². The minimum absolute atomic E-state index is 0.213. The fraction of sp³-hybridized carbons (Fsp3) is 0.571. The summed E-state index contributed by atoms with van der Waals surface area (Å²) in [5.41, 5.74) is 1.24. The quantitative estimate of drug-likeness (QED) is 0.703. The van der Waals surface area contributed by atoms with Crippen molar-refractivity contribution in [3.63, 3.8) is 0 Å². The summed E-state index contributed by atoms with van der Waals surface area (Å²) in [7, 11) is 1.71. The lowest BCUT2D eigenvalue weighted by Gasteiger charge is -2.22. The van der Waals surface area contributed by atoms with Gasteiger partial charge in [0.25, 0.3) is 0 Å². The standard InChI is InChI=1S/C14H21ClO/c1-10(2)14(15)11(3)9-12-7-5-6-8-13(12)16-4/h5-8,10-11,14H,9H2,1-4H3. The summed E-state index contributed by atoms with van der Waals surface area (Å²) in [5.74, 6) is 1.92. The molecule has 1 aromatic carbocycles. The minimum atomic E-state index is 0.213. The van der Waals surface area contributed by atoms with Gasteiger partial charge in [-0.15, -0.1) is 11.6 Å². The number of hydrogen-bond donors (Lipinski definition) is 0. The minimum Gasteiger partial charge on any atom is -0.496 e. The Morgan fingerprint density at radius 2 is 1.81 bits per heavy atom. The molecule has 90 valence electrons. The van der Waals surface area contributed by atoms with Crippen molar-refractivity contribution in [2.24, 2.45) is 11.8 Å². The molecule has 16 heavy (non-hydrogen) atoms. The molecule has 0 aromatic heterocycles. The number of rotatable bonds is 5. The van der Waals surface area contributed by atoms with Gasteiger partial charge in [-0.2, -0.15) is 0 Å². The van der Waals surface area contributed by atoms with Crippen LogP contribution in [0.25, 0.3) is 0 Å². The molecular formula is C14H21ClO. The van der Waals surface area contributed by atoms with Crippen LogP contribution in [-0.2, 0) is 6.42 Å². The van der Waals surface area contributed by atoms with Crippen molar-refractivity contribution in [1.29, 1.82) is 0 Å². The van der Waals surface area contributed by atoms with Gasteiger partial charge in [-0.25, -0.2) is 0 Å². The number of methoxy groups -OCH3 is 1. The van der Waals surface area contributed by atoms with Gasteiger partial charge in [0.2, 0.25) is 0 Å². The molecule has 0 saturated carbocycles. The Morgan fingerprint density at radius 3 is 2.38 bits per heavy atom. The van der Waals surface area contributed by atoms with Crippen molar-refractivity contribution in [3.8, 4) is 5.75 Å². The topological polar surface area (TPSA) is 9.23 Å². The van der Waals surface area contributed by atoms with E-state index in [1.165, 1.54) is 5.56 Å². The largest absolute Gasteiger partial charge is 0.496 e. The first-order chi connectivity index (χ1) is 7.56. The van der Waals surface area contributed by atoms with Crippen molar-refractivity contribution >= 4 is 11.6 Å². The molecule has 0 fully saturated rings. The van der Waals surface area contributed by atoms with Crippen molar-refractivity contribution in [3.05, 3.63) is 29.8 Å². The first kappa shape index (κ1) is 13.4. The van der Waals surface area contributed by atoms with E-state index in [-0.39, 0.29) is 5.38 Å². The summed E-state index contributed by atoms with van der Waals surface area (Å²) in [6.45, 7) is 6.52. The lowest BCUT2D eigenvalue weighted by Crippen LogP contribution is -2.20. The van der Waals surface area contributed by atoms with E-state index < -0.39 is 0 Å². The number of ether oxygens (including phenoxy) is 1. The SMILES string of the molecule is COc1ccccc1CC(C)C(Cl)C(C)C. The van der Waals surface area contributed by atoms with Crippen LogP contribution in [-0.4, -0.2) is 12.5 Å². The van der Waals surface area contributed by atoms with E-state index >= 15 is 0 Å². The van der Waals surface area contributed by atoms with E-state index in [0.29, 0.717) is 11.8 Å². The highest BCUT2D eigenvalue weighted by molar-refractivity contribution is 6.20. The molecular weight excluding hydrogens is 220 g/mol. The van der Waals surface area contributed by atoms with Gasteiger partial charge < -0.3 is 4.74 Å². The van der Waals surface area contributed by atoms with E-state index in [2.05, 4.69) is 26.8 Å². The molecule has 1 aromatic rings. The molecule has 0 aliphatic heterocycles. The summed E-state index contributed by atoms with van der Waals surface area (Å²) in [6.07, 6.45) is 0.969. The van der Waals surface area contributed by atoms with Crippen molar-refractivity contribution in [1.82, 2.24) is 0 Å². The molecule has 0 heterocycles. The molecule has 0 bridgehead atoms. The molecule has 0 saturated heterocycles. The maximum Gasteiger partial charge on any atom is 0.122 e. The Morgan fingerprint density at radius 1 is 1.19 bits per heavy atom. The summed E-state index contributed by atoms with van der Waals surface area (Å²) in [4.78, 5) is 0. The van der Waals surface area contributed by atoms with Gasteiger partial charge in [-0.1, -0.05) is 39.0 Å². The molecule has 0 N–H and O–H groups in total. The van der Waals surface area contributed by atoms with Gasteiger partial charge in [-0.05, 0) is 29.9 Å². The second kappa shape index (κ2) is 6.15. The summed E-state index contributed by atoms with van der Waals surface area (Å²) in [6, 6.07) is 8.15. The number of hydrogen-bond acceptors (Lipinski definition) is 1. The average Bonchev–Trinajstić information content (AvgIpc) is 2.28. The van der Waals surface area contributed by atoms with Crippen LogP contribution in [0, 0.1) is 11.8 Å². The zero-order valence-electron chi connectivity index (χ0n) is 10.5. The van der Waals surface area contributed by atoms with Gasteiger partial charge in [0.15, 0.2) is 0 Å². The van der Waals surface area contributed by atoms with Crippen LogP contribution in [0.1, 0.15) is 26.3 Å². The second-order valence-electron chi connectivity index (χ2n) is 4.68. The summed E-state index contributed by atoms with van der Waals surface area (Å²) >= 11 is 6.37. The van der Waals surface area contributed by atoms with E-state index in [4.69, 9.17) is 16.3 Å². The Kier molecular flexibility index (Phi) is 5.14. The van der Waals surface area contributed by atoms with Crippen molar-refractivity contribution < 1.29 is 4.74 Å². The van der Waals surface area contributed by atoms with Crippen molar-refractivity contribution in [2.45, 2.75) is 32.6 Å². The summed E-state index contributed by atoms with van der Waals surface area (Å²) < 4.78 is 5.34. The van der Waals surface area contributed by atoms with Crippen LogP contribution in [0.3, 0.4) is 0 Å². The third-order valence-electron chi connectivity index (χ3n) is 2.91. The zero-order valence-corrected chi connectivity index (χ0v) is 11.3. The molecule has 2 unspecified atom stereocenters. The third kappa shape index (κ3) is 3.41. The van der Waals surface area contributed by atoms with Gasteiger partial charge in [0.05, 0.1) is 7.11 Å². The van der Waals surface area contributed by atoms with E-state index in [9.17, 15) is 0 Å². The van der Waals surface area contributed by atoms with E-state index in [0.717, 1.165) is 12.2 Å². The van der Waals surface area contributed by atoms with Crippen LogP contribution >= 0.6 is 11.6 Å². The maximum atomic E-state index is 6.37. The second-order valence-corrected chi connectivity index (χ2v) is 5.19. The monoisotopic (exact) mass is 240 g/mol. The van der Waals surface area contributed by atoms with Gasteiger partial charge in [-0.3, -0.25) is 0 Å². The number of alkyl halides is 1. The smallest absolute Gasteiger partial charge is 0.122 e. The molecule has 2 heteroatoms. The lowest BCUT2D eigenvalue weighted by molar-refractivity contribution is 0.397. The molecule has 2 atom stereocenters. The third-order valence-corrected chi connectivity index (χ3v) is 3.85. The number of para-hydroxylation sites is 1. The van der Waals surface area contributed by atoms with Crippen LogP contribution in [0.5, 0.6) is 5.75 Å².